The fraction of sp³-hybridized carbons (Fsp3) is 0.231. The maximum atomic E-state index is 13.9. The van der Waals surface area contributed by atoms with E-state index in [0.29, 0.717) is 17.2 Å². The molecule has 1 aromatic carbocycles. The number of ether oxygens (including phenoxy) is 1. The molecule has 0 aliphatic rings. The van der Waals surface area contributed by atoms with Gasteiger partial charge in [0.05, 0.1) is 18.5 Å². The minimum atomic E-state index is -0.649. The highest BCUT2D eigenvalue weighted by Crippen LogP contribution is 2.28. The zero-order chi connectivity index (χ0) is 14.0. The average molecular weight is 265 g/mol. The van der Waals surface area contributed by atoms with Gasteiger partial charge >= 0.3 is 0 Å². The summed E-state index contributed by atoms with van der Waals surface area (Å²) in [5.74, 6) is -0.955. The first kappa shape index (κ1) is 13.4. The number of halogens is 2. The predicted molar refractivity (Wildman–Crippen MR) is 66.6 cm³/mol. The van der Waals surface area contributed by atoms with Crippen LogP contribution in [0.1, 0.15) is 11.5 Å². The molecule has 0 spiro atoms. The van der Waals surface area contributed by atoms with E-state index in [1.54, 1.807) is 6.92 Å². The second kappa shape index (κ2) is 5.27. The van der Waals surface area contributed by atoms with E-state index in [4.69, 9.17) is 10.5 Å². The van der Waals surface area contributed by atoms with Crippen molar-refractivity contribution in [2.24, 2.45) is 5.73 Å². The molecular weight excluding hydrogens is 252 g/mol. The Labute approximate surface area is 109 Å². The van der Waals surface area contributed by atoms with E-state index in [9.17, 15) is 8.78 Å². The van der Waals surface area contributed by atoms with Crippen molar-refractivity contribution in [2.45, 2.75) is 13.5 Å². The summed E-state index contributed by atoms with van der Waals surface area (Å²) in [6, 6.07) is 3.58. The lowest BCUT2D eigenvalue weighted by atomic mass is 10.1. The van der Waals surface area contributed by atoms with E-state index in [-0.39, 0.29) is 17.9 Å². The van der Waals surface area contributed by atoms with Gasteiger partial charge in [0.25, 0.3) is 0 Å². The van der Waals surface area contributed by atoms with Crippen molar-refractivity contribution in [3.8, 4) is 17.0 Å². The lowest BCUT2D eigenvalue weighted by Gasteiger charge is -2.08. The molecule has 0 amide bonds. The van der Waals surface area contributed by atoms with Crippen LogP contribution in [0.15, 0.2) is 18.2 Å². The lowest BCUT2D eigenvalue weighted by molar-refractivity contribution is 0.383. The summed E-state index contributed by atoms with van der Waals surface area (Å²) in [5, 5.41) is 0. The molecule has 0 aliphatic heterocycles. The van der Waals surface area contributed by atoms with Crippen LogP contribution >= 0.6 is 0 Å². The van der Waals surface area contributed by atoms with Gasteiger partial charge in [-0.25, -0.2) is 18.7 Å². The molecular formula is C13H13F2N3O. The molecule has 0 unspecified atom stereocenters. The Kier molecular flexibility index (Phi) is 3.71. The van der Waals surface area contributed by atoms with Gasteiger partial charge < -0.3 is 10.5 Å². The summed E-state index contributed by atoms with van der Waals surface area (Å²) in [7, 11) is 1.28. The maximum absolute atomic E-state index is 13.9. The van der Waals surface area contributed by atoms with Gasteiger partial charge in [-0.2, -0.15) is 0 Å². The highest BCUT2D eigenvalue weighted by atomic mass is 19.1. The number of methoxy groups -OCH3 is 1. The van der Waals surface area contributed by atoms with Crippen molar-refractivity contribution in [1.82, 2.24) is 9.97 Å². The van der Waals surface area contributed by atoms with Gasteiger partial charge in [0.2, 0.25) is 0 Å². The largest absolute Gasteiger partial charge is 0.494 e. The summed E-state index contributed by atoms with van der Waals surface area (Å²) < 4.78 is 32.3. The highest BCUT2D eigenvalue weighted by Gasteiger charge is 2.14. The summed E-state index contributed by atoms with van der Waals surface area (Å²) in [4.78, 5) is 8.18. The lowest BCUT2D eigenvalue weighted by Crippen LogP contribution is -2.04. The van der Waals surface area contributed by atoms with Crippen molar-refractivity contribution >= 4 is 0 Å². The fourth-order valence-electron chi connectivity index (χ4n) is 1.75. The Bertz CT molecular complexity index is 617. The Morgan fingerprint density at radius 3 is 2.53 bits per heavy atom. The smallest absolute Gasteiger partial charge is 0.165 e. The molecule has 0 aliphatic carbocycles. The first-order valence-corrected chi connectivity index (χ1v) is 5.63. The fourth-order valence-corrected chi connectivity index (χ4v) is 1.75. The van der Waals surface area contributed by atoms with Crippen LogP contribution in [-0.2, 0) is 6.54 Å². The summed E-state index contributed by atoms with van der Waals surface area (Å²) >= 11 is 0. The third kappa shape index (κ3) is 2.68. The van der Waals surface area contributed by atoms with Crippen molar-refractivity contribution in [3.05, 3.63) is 41.4 Å². The molecule has 0 atom stereocenters. The standard InChI is InChI=1S/C13H13F2N3O/c1-7-17-8(6-16)3-12(18-7)9-4-11(15)13(19-2)5-10(9)14/h3-5H,6,16H2,1-2H3. The van der Waals surface area contributed by atoms with Gasteiger partial charge in [-0.1, -0.05) is 0 Å². The molecule has 2 aromatic rings. The predicted octanol–water partition coefficient (Wildman–Crippen LogP) is 2.20. The van der Waals surface area contributed by atoms with E-state index in [2.05, 4.69) is 9.97 Å². The Morgan fingerprint density at radius 2 is 1.89 bits per heavy atom. The van der Waals surface area contributed by atoms with Crippen LogP contribution in [-0.4, -0.2) is 17.1 Å². The topological polar surface area (TPSA) is 61.0 Å². The molecule has 0 fully saturated rings. The van der Waals surface area contributed by atoms with Crippen LogP contribution in [0, 0.1) is 18.6 Å². The number of hydrogen-bond donors (Lipinski definition) is 1. The van der Waals surface area contributed by atoms with Gasteiger partial charge in [0, 0.05) is 18.2 Å². The minimum Gasteiger partial charge on any atom is -0.494 e. The van der Waals surface area contributed by atoms with Crippen LogP contribution < -0.4 is 10.5 Å². The molecule has 0 saturated heterocycles. The quantitative estimate of drug-likeness (QED) is 0.924. The minimum absolute atomic E-state index is 0.0542. The van der Waals surface area contributed by atoms with Crippen LogP contribution in [0.3, 0.4) is 0 Å². The molecule has 0 saturated carbocycles. The molecule has 2 rings (SSSR count). The third-order valence-corrected chi connectivity index (χ3v) is 2.62. The SMILES string of the molecule is COc1cc(F)c(-c2cc(CN)nc(C)n2)cc1F. The van der Waals surface area contributed by atoms with E-state index in [1.807, 2.05) is 0 Å². The zero-order valence-electron chi connectivity index (χ0n) is 10.6. The van der Waals surface area contributed by atoms with E-state index in [1.165, 1.54) is 13.2 Å². The van der Waals surface area contributed by atoms with Gasteiger partial charge in [-0.05, 0) is 19.1 Å². The van der Waals surface area contributed by atoms with Crippen LogP contribution in [0.4, 0.5) is 8.78 Å². The van der Waals surface area contributed by atoms with Gasteiger partial charge in [-0.3, -0.25) is 0 Å². The average Bonchev–Trinajstić information content (AvgIpc) is 2.40. The van der Waals surface area contributed by atoms with E-state index in [0.717, 1.165) is 12.1 Å². The molecule has 6 heteroatoms. The van der Waals surface area contributed by atoms with Crippen LogP contribution in [0.2, 0.25) is 0 Å². The van der Waals surface area contributed by atoms with E-state index < -0.39 is 11.6 Å². The number of nitrogens with zero attached hydrogens (tertiary/aromatic N) is 2. The Balaban J connectivity index is 2.58. The summed E-state index contributed by atoms with van der Waals surface area (Å²) in [6.45, 7) is 1.87. The van der Waals surface area contributed by atoms with Crippen LogP contribution in [0.25, 0.3) is 11.3 Å². The molecule has 100 valence electrons. The number of rotatable bonds is 3. The molecule has 0 bridgehead atoms. The molecule has 0 radical (unpaired) electrons. The molecule has 19 heavy (non-hydrogen) atoms. The highest BCUT2D eigenvalue weighted by molar-refractivity contribution is 5.61. The van der Waals surface area contributed by atoms with Gasteiger partial charge in [0.15, 0.2) is 11.6 Å². The monoisotopic (exact) mass is 265 g/mol. The van der Waals surface area contributed by atoms with Crippen molar-refractivity contribution in [1.29, 1.82) is 0 Å². The second-order valence-electron chi connectivity index (χ2n) is 3.96. The summed E-state index contributed by atoms with van der Waals surface area (Å²) in [5.41, 5.74) is 6.42. The number of aromatic nitrogens is 2. The molecule has 4 nitrogen and oxygen atoms in total. The van der Waals surface area contributed by atoms with E-state index >= 15 is 0 Å². The Morgan fingerprint density at radius 1 is 1.16 bits per heavy atom. The maximum Gasteiger partial charge on any atom is 0.165 e. The normalized spacial score (nSPS) is 10.6. The first-order chi connectivity index (χ1) is 9.05. The number of aryl methyl sites for hydroxylation is 1. The number of hydrogen-bond acceptors (Lipinski definition) is 4. The second-order valence-corrected chi connectivity index (χ2v) is 3.96. The molecule has 1 heterocycles. The number of benzene rings is 1. The summed E-state index contributed by atoms with van der Waals surface area (Å²) in [6.07, 6.45) is 0. The third-order valence-electron chi connectivity index (χ3n) is 2.62. The first-order valence-electron chi connectivity index (χ1n) is 5.63. The number of nitrogens with two attached hydrogens (primary N) is 1. The Hall–Kier alpha value is -2.08. The van der Waals surface area contributed by atoms with Crippen molar-refractivity contribution in [3.63, 3.8) is 0 Å². The molecule has 1 aromatic heterocycles. The molecule has 2 N–H and O–H groups in total. The van der Waals surface area contributed by atoms with Gasteiger partial charge in [-0.15, -0.1) is 0 Å². The van der Waals surface area contributed by atoms with Crippen molar-refractivity contribution < 1.29 is 13.5 Å². The van der Waals surface area contributed by atoms with Gasteiger partial charge in [0.1, 0.15) is 11.6 Å². The van der Waals surface area contributed by atoms with Crippen molar-refractivity contribution in [2.75, 3.05) is 7.11 Å². The van der Waals surface area contributed by atoms with Crippen LogP contribution in [0.5, 0.6) is 5.75 Å². The zero-order valence-corrected chi connectivity index (χ0v) is 10.6.